The van der Waals surface area contributed by atoms with Gasteiger partial charge in [-0.25, -0.2) is 4.98 Å². The molecule has 25 heavy (non-hydrogen) atoms. The molecule has 0 unspecified atom stereocenters. The second kappa shape index (κ2) is 5.74. The second-order valence-corrected chi connectivity index (χ2v) is 6.16. The van der Waals surface area contributed by atoms with Crippen molar-refractivity contribution in [3.05, 3.63) is 48.1 Å². The van der Waals surface area contributed by atoms with Crippen LogP contribution in [0.5, 0.6) is 0 Å². The minimum atomic E-state index is -0.816. The van der Waals surface area contributed by atoms with Crippen molar-refractivity contribution in [2.45, 2.75) is 18.9 Å². The van der Waals surface area contributed by atoms with Gasteiger partial charge in [-0.2, -0.15) is 15.3 Å². The molecule has 3 aromatic rings. The first kappa shape index (κ1) is 15.4. The smallest absolute Gasteiger partial charge is 0.276 e. The molecule has 4 heterocycles. The zero-order chi connectivity index (χ0) is 17.4. The Morgan fingerprint density at radius 3 is 2.68 bits per heavy atom. The SMILES string of the molecule is CC1(O)CN(C(=O)c2coc(Cc3ccc(-n4nccn4)nn3)n2)C1. The first-order chi connectivity index (χ1) is 12.0. The summed E-state index contributed by atoms with van der Waals surface area (Å²) >= 11 is 0. The lowest BCUT2D eigenvalue weighted by Gasteiger charge is -2.43. The monoisotopic (exact) mass is 341 g/mol. The summed E-state index contributed by atoms with van der Waals surface area (Å²) in [5.74, 6) is 0.615. The number of hydrogen-bond donors (Lipinski definition) is 1. The van der Waals surface area contributed by atoms with E-state index in [1.807, 2.05) is 0 Å². The first-order valence-corrected chi connectivity index (χ1v) is 7.65. The second-order valence-electron chi connectivity index (χ2n) is 6.16. The highest BCUT2D eigenvalue weighted by Gasteiger charge is 2.40. The molecule has 1 N–H and O–H groups in total. The lowest BCUT2D eigenvalue weighted by molar-refractivity contribution is -0.0670. The molecule has 10 heteroatoms. The van der Waals surface area contributed by atoms with Crippen LogP contribution in [0.3, 0.4) is 0 Å². The van der Waals surface area contributed by atoms with Gasteiger partial charge in [-0.15, -0.1) is 9.90 Å². The summed E-state index contributed by atoms with van der Waals surface area (Å²) in [6, 6.07) is 3.50. The highest BCUT2D eigenvalue weighted by molar-refractivity contribution is 5.92. The number of nitrogens with zero attached hydrogens (tertiary/aromatic N) is 7. The third kappa shape index (κ3) is 3.11. The van der Waals surface area contributed by atoms with Crippen LogP contribution in [0, 0.1) is 0 Å². The number of aliphatic hydroxyl groups is 1. The molecule has 0 aliphatic carbocycles. The standard InChI is InChI=1S/C15H15N7O3/c1-15(24)8-21(9-15)14(23)11-7-25-13(18-11)6-10-2-3-12(20-19-10)22-16-4-5-17-22/h2-5,7,24H,6,8-9H2,1H3. The van der Waals surface area contributed by atoms with Crippen molar-refractivity contribution >= 4 is 5.91 Å². The van der Waals surface area contributed by atoms with E-state index in [2.05, 4.69) is 25.4 Å². The summed E-state index contributed by atoms with van der Waals surface area (Å²) in [7, 11) is 0. The van der Waals surface area contributed by atoms with E-state index in [1.54, 1.807) is 31.5 Å². The lowest BCUT2D eigenvalue weighted by atomic mass is 9.97. The molecule has 4 rings (SSSR count). The average Bonchev–Trinajstić information content (AvgIpc) is 3.24. The van der Waals surface area contributed by atoms with Crippen LogP contribution in [0.25, 0.3) is 5.82 Å². The van der Waals surface area contributed by atoms with Crippen LogP contribution in [0.2, 0.25) is 0 Å². The fourth-order valence-electron chi connectivity index (χ4n) is 2.61. The maximum Gasteiger partial charge on any atom is 0.276 e. The first-order valence-electron chi connectivity index (χ1n) is 7.65. The molecular weight excluding hydrogens is 326 g/mol. The summed E-state index contributed by atoms with van der Waals surface area (Å²) < 4.78 is 5.34. The molecule has 0 aromatic carbocycles. The van der Waals surface area contributed by atoms with Crippen LogP contribution in [0.4, 0.5) is 0 Å². The molecule has 1 fully saturated rings. The van der Waals surface area contributed by atoms with Crippen LogP contribution in [0.15, 0.2) is 35.2 Å². The predicted molar refractivity (Wildman–Crippen MR) is 82.8 cm³/mol. The Balaban J connectivity index is 1.42. The quantitative estimate of drug-likeness (QED) is 0.694. The van der Waals surface area contributed by atoms with E-state index in [1.165, 1.54) is 16.0 Å². The van der Waals surface area contributed by atoms with E-state index >= 15 is 0 Å². The Bertz CT molecular complexity index is 878. The third-order valence-electron chi connectivity index (χ3n) is 3.78. The molecule has 1 aliphatic rings. The van der Waals surface area contributed by atoms with Gasteiger partial charge in [-0.3, -0.25) is 4.79 Å². The molecule has 0 saturated carbocycles. The summed E-state index contributed by atoms with van der Waals surface area (Å²) in [5, 5.41) is 25.8. The Morgan fingerprint density at radius 1 is 1.28 bits per heavy atom. The molecule has 0 radical (unpaired) electrons. The topological polar surface area (TPSA) is 123 Å². The number of aromatic nitrogens is 6. The summed E-state index contributed by atoms with van der Waals surface area (Å²) in [6.45, 7) is 2.27. The van der Waals surface area contributed by atoms with Gasteiger partial charge in [0.05, 0.1) is 43.2 Å². The molecular formula is C15H15N7O3. The average molecular weight is 341 g/mol. The molecule has 1 amide bonds. The van der Waals surface area contributed by atoms with E-state index in [0.29, 0.717) is 36.9 Å². The maximum absolute atomic E-state index is 12.2. The van der Waals surface area contributed by atoms with Gasteiger partial charge < -0.3 is 14.4 Å². The number of likely N-dealkylation sites (tertiary alicyclic amines) is 1. The Kier molecular flexibility index (Phi) is 3.53. The van der Waals surface area contributed by atoms with E-state index in [-0.39, 0.29) is 11.6 Å². The van der Waals surface area contributed by atoms with Gasteiger partial charge in [0.15, 0.2) is 11.5 Å². The number of β-amino-alcohol motifs (C(OH)–C–C–N with tert-alkyl or cyclic N) is 1. The van der Waals surface area contributed by atoms with Crippen molar-refractivity contribution in [2.75, 3.05) is 13.1 Å². The molecule has 0 bridgehead atoms. The van der Waals surface area contributed by atoms with Crippen molar-refractivity contribution in [2.24, 2.45) is 0 Å². The molecule has 128 valence electrons. The normalized spacial score (nSPS) is 15.8. The Morgan fingerprint density at radius 2 is 2.04 bits per heavy atom. The van der Waals surface area contributed by atoms with Crippen LogP contribution in [0.1, 0.15) is 29.0 Å². The number of hydrogen-bond acceptors (Lipinski definition) is 8. The molecule has 1 saturated heterocycles. The van der Waals surface area contributed by atoms with Crippen LogP contribution < -0.4 is 0 Å². The van der Waals surface area contributed by atoms with Crippen molar-refractivity contribution in [3.8, 4) is 5.82 Å². The minimum absolute atomic E-state index is 0.218. The van der Waals surface area contributed by atoms with E-state index < -0.39 is 5.60 Å². The highest BCUT2D eigenvalue weighted by Crippen LogP contribution is 2.22. The predicted octanol–water partition coefficient (Wildman–Crippen LogP) is -0.157. The van der Waals surface area contributed by atoms with Gasteiger partial charge in [-0.05, 0) is 19.1 Å². The number of carbonyl (C=O) groups is 1. The van der Waals surface area contributed by atoms with Gasteiger partial charge in [0.1, 0.15) is 6.26 Å². The van der Waals surface area contributed by atoms with Gasteiger partial charge in [0.25, 0.3) is 5.91 Å². The van der Waals surface area contributed by atoms with E-state index in [9.17, 15) is 9.90 Å². The summed E-state index contributed by atoms with van der Waals surface area (Å²) in [6.07, 6.45) is 4.74. The Labute approximate surface area is 142 Å². The molecule has 3 aromatic heterocycles. The van der Waals surface area contributed by atoms with Crippen molar-refractivity contribution in [1.82, 2.24) is 35.1 Å². The number of amides is 1. The molecule has 1 aliphatic heterocycles. The van der Waals surface area contributed by atoms with Crippen molar-refractivity contribution < 1.29 is 14.3 Å². The van der Waals surface area contributed by atoms with Gasteiger partial charge in [-0.1, -0.05) is 0 Å². The van der Waals surface area contributed by atoms with Crippen LogP contribution >= 0.6 is 0 Å². The van der Waals surface area contributed by atoms with Crippen LogP contribution in [-0.2, 0) is 6.42 Å². The lowest BCUT2D eigenvalue weighted by Crippen LogP contribution is -2.61. The molecule has 0 atom stereocenters. The van der Waals surface area contributed by atoms with Gasteiger partial charge >= 0.3 is 0 Å². The van der Waals surface area contributed by atoms with E-state index in [0.717, 1.165) is 0 Å². The number of oxazole rings is 1. The van der Waals surface area contributed by atoms with Gasteiger partial charge in [0, 0.05) is 0 Å². The summed E-state index contributed by atoms with van der Waals surface area (Å²) in [4.78, 5) is 19.3. The minimum Gasteiger partial charge on any atom is -0.448 e. The van der Waals surface area contributed by atoms with E-state index in [4.69, 9.17) is 4.42 Å². The summed E-state index contributed by atoms with van der Waals surface area (Å²) in [5.41, 5.74) is 0.0441. The van der Waals surface area contributed by atoms with Crippen LogP contribution in [-0.4, -0.2) is 64.8 Å². The maximum atomic E-state index is 12.2. The van der Waals surface area contributed by atoms with Crippen molar-refractivity contribution in [3.63, 3.8) is 0 Å². The third-order valence-corrected chi connectivity index (χ3v) is 3.78. The fourth-order valence-corrected chi connectivity index (χ4v) is 2.61. The molecule has 10 nitrogen and oxygen atoms in total. The zero-order valence-electron chi connectivity index (χ0n) is 13.4. The number of rotatable bonds is 4. The zero-order valence-corrected chi connectivity index (χ0v) is 13.4. The molecule has 0 spiro atoms. The Hall–Kier alpha value is -3.14. The fraction of sp³-hybridized carbons (Fsp3) is 0.333. The highest BCUT2D eigenvalue weighted by atomic mass is 16.3. The largest absolute Gasteiger partial charge is 0.448 e. The van der Waals surface area contributed by atoms with Crippen molar-refractivity contribution in [1.29, 1.82) is 0 Å². The van der Waals surface area contributed by atoms with Gasteiger partial charge in [0.2, 0.25) is 5.89 Å². The number of carbonyl (C=O) groups excluding carboxylic acids is 1.